The van der Waals surface area contributed by atoms with Crippen LogP contribution in [0.15, 0.2) is 102 Å². The van der Waals surface area contributed by atoms with Crippen molar-refractivity contribution in [3.8, 4) is 86.2 Å². The van der Waals surface area contributed by atoms with Crippen molar-refractivity contribution in [2.75, 3.05) is 0 Å². The summed E-state index contributed by atoms with van der Waals surface area (Å²) in [6.07, 6.45) is -0.287. The molecule has 18 heteroatoms. The molecule has 0 radical (unpaired) electrons. The normalized spacial score (nSPS) is 15.2. The van der Waals surface area contributed by atoms with Crippen LogP contribution in [0, 0.1) is 0 Å². The van der Waals surface area contributed by atoms with Crippen molar-refractivity contribution in [3.63, 3.8) is 0 Å². The first-order chi connectivity index (χ1) is 29.9. The molecule has 0 saturated heterocycles. The van der Waals surface area contributed by atoms with Crippen molar-refractivity contribution in [3.05, 3.63) is 141 Å². The number of aliphatic hydroxyl groups is 3. The Labute approximate surface area is 353 Å². The highest BCUT2D eigenvalue weighted by Crippen LogP contribution is 2.57. The zero-order chi connectivity index (χ0) is 45.2. The summed E-state index contributed by atoms with van der Waals surface area (Å²) < 4.78 is 17.3. The van der Waals surface area contributed by atoms with Crippen LogP contribution >= 0.6 is 0 Å². The number of benzene rings is 6. The van der Waals surface area contributed by atoms with Gasteiger partial charge in [-0.2, -0.15) is 0 Å². The fraction of sp³-hybridized carbons (Fsp3) is 0.0667. The lowest BCUT2D eigenvalue weighted by Crippen LogP contribution is -2.19. The van der Waals surface area contributed by atoms with Gasteiger partial charge in [0.2, 0.25) is 0 Å². The first-order valence-corrected chi connectivity index (χ1v) is 18.5. The van der Waals surface area contributed by atoms with Crippen LogP contribution < -0.4 is 14.2 Å². The van der Waals surface area contributed by atoms with Gasteiger partial charge in [-0.1, -0.05) is 0 Å². The monoisotopic (exact) mass is 862 g/mol. The number of phenolic OH excluding ortho intramolecular Hbond substituents is 12. The molecule has 1 atom stereocenters. The number of aliphatic hydroxyl groups excluding tert-OH is 3. The van der Waals surface area contributed by atoms with E-state index in [4.69, 9.17) is 14.2 Å². The van der Waals surface area contributed by atoms with Gasteiger partial charge >= 0.3 is 0 Å². The van der Waals surface area contributed by atoms with Crippen LogP contribution in [0.2, 0.25) is 0 Å². The summed E-state index contributed by atoms with van der Waals surface area (Å²) in [5.74, 6) is -7.94. The molecule has 322 valence electrons. The van der Waals surface area contributed by atoms with Crippen LogP contribution in [-0.2, 0) is 12.8 Å². The highest BCUT2D eigenvalue weighted by atomic mass is 16.5. The summed E-state index contributed by atoms with van der Waals surface area (Å²) in [5.41, 5.74) is 0.642. The van der Waals surface area contributed by atoms with Gasteiger partial charge in [-0.15, -0.1) is 0 Å². The topological polar surface area (TPSA) is 331 Å². The molecule has 3 heterocycles. The molecule has 0 aliphatic carbocycles. The molecule has 18 nitrogen and oxygen atoms in total. The second-order valence-electron chi connectivity index (χ2n) is 14.4. The number of hydrogen-bond acceptors (Lipinski definition) is 18. The number of ether oxygens (including phenoxy) is 3. The summed E-state index contributed by atoms with van der Waals surface area (Å²) >= 11 is 0. The van der Waals surface area contributed by atoms with E-state index in [1.165, 1.54) is 36.4 Å². The second kappa shape index (κ2) is 15.2. The maximum Gasteiger partial charge on any atom is 0.173 e. The number of fused-ring (bicyclic) bond motifs is 3. The molecule has 1 unspecified atom stereocenters. The van der Waals surface area contributed by atoms with Gasteiger partial charge in [0.05, 0.1) is 17.0 Å². The van der Waals surface area contributed by atoms with E-state index in [2.05, 4.69) is 0 Å². The molecule has 3 aliphatic heterocycles. The lowest BCUT2D eigenvalue weighted by molar-refractivity contribution is 0.320. The van der Waals surface area contributed by atoms with Crippen molar-refractivity contribution >= 4 is 17.3 Å². The Balaban J connectivity index is 0.000000217. The first-order valence-electron chi connectivity index (χ1n) is 18.5. The molecule has 0 fully saturated rings. The van der Waals surface area contributed by atoms with E-state index in [0.29, 0.717) is 11.1 Å². The van der Waals surface area contributed by atoms with Crippen LogP contribution in [0.3, 0.4) is 0 Å². The highest BCUT2D eigenvalue weighted by molar-refractivity contribution is 5.79. The Morgan fingerprint density at radius 3 is 1.32 bits per heavy atom. The van der Waals surface area contributed by atoms with Gasteiger partial charge in [0.15, 0.2) is 51.8 Å². The molecular weight excluding hydrogens is 828 g/mol. The fourth-order valence-electron chi connectivity index (χ4n) is 7.30. The lowest BCUT2D eigenvalue weighted by Gasteiger charge is -2.32. The number of hydrogen-bond donors (Lipinski definition) is 15. The molecule has 15 N–H and O–H groups in total. The van der Waals surface area contributed by atoms with Crippen LogP contribution in [0.5, 0.6) is 86.2 Å². The molecule has 6 aromatic rings. The second-order valence-corrected chi connectivity index (χ2v) is 14.4. The van der Waals surface area contributed by atoms with E-state index in [9.17, 15) is 76.6 Å². The van der Waals surface area contributed by atoms with Crippen LogP contribution in [0.25, 0.3) is 17.3 Å². The minimum atomic E-state index is -1.47. The summed E-state index contributed by atoms with van der Waals surface area (Å²) in [6, 6.07) is 16.8. The van der Waals surface area contributed by atoms with Crippen molar-refractivity contribution in [2.45, 2.75) is 18.8 Å². The minimum Gasteiger partial charge on any atom is -0.508 e. The average Bonchev–Trinajstić information content (AvgIpc) is 3.22. The Morgan fingerprint density at radius 2 is 0.778 bits per heavy atom. The van der Waals surface area contributed by atoms with Crippen molar-refractivity contribution in [2.24, 2.45) is 0 Å². The van der Waals surface area contributed by atoms with E-state index < -0.39 is 57.7 Å². The van der Waals surface area contributed by atoms with Gasteiger partial charge < -0.3 is 90.8 Å². The average molecular weight is 863 g/mol. The highest BCUT2D eigenvalue weighted by Gasteiger charge is 2.41. The van der Waals surface area contributed by atoms with E-state index in [1.54, 1.807) is 0 Å². The molecular formula is C45H34O18. The van der Waals surface area contributed by atoms with Gasteiger partial charge in [-0.3, -0.25) is 0 Å². The molecule has 9 rings (SSSR count). The van der Waals surface area contributed by atoms with E-state index in [0.717, 1.165) is 48.5 Å². The van der Waals surface area contributed by atoms with Gasteiger partial charge in [0.25, 0.3) is 0 Å². The van der Waals surface area contributed by atoms with Crippen LogP contribution in [0.1, 0.15) is 44.9 Å². The maximum atomic E-state index is 11.6. The minimum absolute atomic E-state index is 0.00925. The predicted octanol–water partition coefficient (Wildman–Crippen LogP) is 7.01. The third-order valence-electron chi connectivity index (χ3n) is 10.3. The molecule has 0 amide bonds. The number of rotatable bonds is 4. The van der Waals surface area contributed by atoms with Crippen molar-refractivity contribution < 1.29 is 90.8 Å². The number of aromatic hydroxyl groups is 12. The van der Waals surface area contributed by atoms with Gasteiger partial charge in [0, 0.05) is 71.0 Å². The smallest absolute Gasteiger partial charge is 0.173 e. The zero-order valence-electron chi connectivity index (χ0n) is 32.0. The third-order valence-corrected chi connectivity index (χ3v) is 10.3. The quantitative estimate of drug-likeness (QED) is 0.0792. The van der Waals surface area contributed by atoms with E-state index >= 15 is 0 Å². The van der Waals surface area contributed by atoms with E-state index in [-0.39, 0.29) is 110 Å². The van der Waals surface area contributed by atoms with Gasteiger partial charge in [0.1, 0.15) is 69.0 Å². The number of phenols is 12. The summed E-state index contributed by atoms with van der Waals surface area (Å²) in [4.78, 5) is 0. The molecule has 6 aromatic carbocycles. The molecule has 63 heavy (non-hydrogen) atoms. The molecule has 3 aliphatic rings. The van der Waals surface area contributed by atoms with Crippen LogP contribution in [0.4, 0.5) is 0 Å². The molecule has 0 spiro atoms. The van der Waals surface area contributed by atoms with Gasteiger partial charge in [-0.05, 0) is 54.6 Å². The first kappa shape index (κ1) is 40.7. The summed E-state index contributed by atoms with van der Waals surface area (Å²) in [7, 11) is 0. The number of allylic oxidation sites excluding steroid dienone is 3. The molecule has 0 bridgehead atoms. The maximum absolute atomic E-state index is 11.6. The third kappa shape index (κ3) is 7.22. The van der Waals surface area contributed by atoms with Crippen LogP contribution in [-0.4, -0.2) is 76.6 Å². The summed E-state index contributed by atoms with van der Waals surface area (Å²) in [6.45, 7) is 0. The predicted molar refractivity (Wildman–Crippen MR) is 218 cm³/mol. The van der Waals surface area contributed by atoms with E-state index in [1.807, 2.05) is 0 Å². The van der Waals surface area contributed by atoms with Crippen molar-refractivity contribution in [1.82, 2.24) is 0 Å². The molecule has 0 aromatic heterocycles. The van der Waals surface area contributed by atoms with Crippen molar-refractivity contribution in [1.29, 1.82) is 0 Å². The lowest BCUT2D eigenvalue weighted by atomic mass is 9.82. The standard InChI is InChI=1S/C30H22O12.C15H12O6/c31-13-7-20(37)24-23(8-13)41-29(12-2-4-16(33)19(36)6-12)27(40)26(24)25-21(38)10-17(34)14-9-22(39)28(42-30(14)25)11-1-3-15(32)18(35)5-11;16-8-4-11(18)9-6-13(20)15(21-14(9)5-8)7-1-2-10(17)12(19)3-7/h1-8,10,26,31-40H,9H2;1-5,16-20H,6H2. The Morgan fingerprint density at radius 1 is 0.349 bits per heavy atom. The Hall–Kier alpha value is -9.06. The Bertz CT molecular complexity index is 3000. The molecule has 0 saturated carbocycles. The Kier molecular flexibility index (Phi) is 9.82. The largest absolute Gasteiger partial charge is 0.508 e. The zero-order valence-corrected chi connectivity index (χ0v) is 32.0. The SMILES string of the molecule is OC1=C(c2ccc(O)c(O)c2)Oc2c(c(O)cc(O)c2C2C(O)=C(c3ccc(O)c(O)c3)Oc3cc(O)cc(O)c32)C1.OC1=C(c2ccc(O)c(O)c2)Oc2cc(O)cc(O)c2C1. The van der Waals surface area contributed by atoms with Gasteiger partial charge in [-0.25, -0.2) is 0 Å². The summed E-state index contributed by atoms with van der Waals surface area (Å²) in [5, 5.41) is 153. The fourth-order valence-corrected chi connectivity index (χ4v) is 7.30.